The van der Waals surface area contributed by atoms with Crippen LogP contribution in [0.2, 0.25) is 0 Å². The van der Waals surface area contributed by atoms with E-state index < -0.39 is 36.2 Å². The summed E-state index contributed by atoms with van der Waals surface area (Å²) in [6, 6.07) is -0.208. The highest BCUT2D eigenvalue weighted by Crippen LogP contribution is 2.20. The minimum absolute atomic E-state index is 0.208. The van der Waals surface area contributed by atoms with Gasteiger partial charge in [0.25, 0.3) is 0 Å². The summed E-state index contributed by atoms with van der Waals surface area (Å²) < 4.78 is 15.4. The largest absolute Gasteiger partial charge is 0.457 e. The van der Waals surface area contributed by atoms with Crippen LogP contribution in [0, 0.1) is 0 Å². The third-order valence-electron chi connectivity index (χ3n) is 2.75. The van der Waals surface area contributed by atoms with Crippen LogP contribution < -0.4 is 5.32 Å². The van der Waals surface area contributed by atoms with Crippen LogP contribution in [0.3, 0.4) is 0 Å². The number of nitrogens with one attached hydrogen (secondary N) is 1. The van der Waals surface area contributed by atoms with Crippen LogP contribution in [0.25, 0.3) is 0 Å². The molecule has 7 heteroatoms. The molecule has 19 heavy (non-hydrogen) atoms. The van der Waals surface area contributed by atoms with Crippen LogP contribution in [0.5, 0.6) is 0 Å². The van der Waals surface area contributed by atoms with Gasteiger partial charge in [0.15, 0.2) is 18.3 Å². The quantitative estimate of drug-likeness (QED) is 0.561. The molecule has 1 N–H and O–H groups in total. The van der Waals surface area contributed by atoms with E-state index >= 15 is 0 Å². The van der Waals surface area contributed by atoms with Crippen LogP contribution in [0.4, 0.5) is 0 Å². The van der Waals surface area contributed by atoms with E-state index in [0.29, 0.717) is 6.54 Å². The Labute approximate surface area is 111 Å². The Kier molecular flexibility index (Phi) is 5.29. The summed E-state index contributed by atoms with van der Waals surface area (Å²) in [5, 5.41) is 3.05. The predicted molar refractivity (Wildman–Crippen MR) is 64.1 cm³/mol. The molecule has 4 atom stereocenters. The van der Waals surface area contributed by atoms with Gasteiger partial charge in [0, 0.05) is 33.4 Å². The third-order valence-corrected chi connectivity index (χ3v) is 2.75. The van der Waals surface area contributed by atoms with Gasteiger partial charge >= 0.3 is 17.9 Å². The first-order chi connectivity index (χ1) is 8.81. The van der Waals surface area contributed by atoms with Crippen LogP contribution >= 0.6 is 0 Å². The van der Waals surface area contributed by atoms with Gasteiger partial charge in [0.2, 0.25) is 0 Å². The molecule has 0 unspecified atom stereocenters. The first kappa shape index (κ1) is 15.4. The van der Waals surface area contributed by atoms with Crippen LogP contribution in [0.1, 0.15) is 27.7 Å². The molecular formula is C12H19NO6. The van der Waals surface area contributed by atoms with Crippen molar-refractivity contribution in [3.8, 4) is 0 Å². The maximum absolute atomic E-state index is 11.2. The Balaban J connectivity index is 2.89. The van der Waals surface area contributed by atoms with Crippen molar-refractivity contribution in [3.63, 3.8) is 0 Å². The second-order valence-electron chi connectivity index (χ2n) is 4.49. The average molecular weight is 273 g/mol. The number of ether oxygens (including phenoxy) is 3. The van der Waals surface area contributed by atoms with E-state index in [1.807, 2.05) is 0 Å². The normalized spacial score (nSPS) is 30.3. The number of esters is 3. The summed E-state index contributed by atoms with van der Waals surface area (Å²) in [5.74, 6) is -1.49. The SMILES string of the molecule is CC(=O)O[C@H]1[C@H](OC(C)=O)[C@@H](OC(C)=O)CN[C@H]1C. The minimum Gasteiger partial charge on any atom is -0.457 e. The Bertz CT molecular complexity index is 369. The molecule has 108 valence electrons. The number of carbonyl (C=O) groups excluding carboxylic acids is 3. The van der Waals surface area contributed by atoms with Gasteiger partial charge in [-0.3, -0.25) is 14.4 Å². The van der Waals surface area contributed by atoms with Gasteiger partial charge in [-0.1, -0.05) is 0 Å². The molecule has 1 rings (SSSR count). The molecule has 0 radical (unpaired) electrons. The first-order valence-electron chi connectivity index (χ1n) is 6.06. The van der Waals surface area contributed by atoms with Crippen molar-refractivity contribution in [2.45, 2.75) is 52.0 Å². The van der Waals surface area contributed by atoms with E-state index in [4.69, 9.17) is 14.2 Å². The molecule has 7 nitrogen and oxygen atoms in total. The van der Waals surface area contributed by atoms with Crippen LogP contribution in [0.15, 0.2) is 0 Å². The first-order valence-corrected chi connectivity index (χ1v) is 6.06. The molecular weight excluding hydrogens is 254 g/mol. The van der Waals surface area contributed by atoms with Gasteiger partial charge in [-0.2, -0.15) is 0 Å². The zero-order chi connectivity index (χ0) is 14.6. The number of hydrogen-bond donors (Lipinski definition) is 1. The Morgan fingerprint density at radius 1 is 0.895 bits per heavy atom. The Morgan fingerprint density at radius 3 is 1.84 bits per heavy atom. The molecule has 0 aromatic rings. The summed E-state index contributed by atoms with van der Waals surface area (Å²) >= 11 is 0. The van der Waals surface area contributed by atoms with E-state index in [1.54, 1.807) is 6.92 Å². The smallest absolute Gasteiger partial charge is 0.303 e. The Hall–Kier alpha value is -1.63. The fourth-order valence-electron chi connectivity index (χ4n) is 2.05. The van der Waals surface area contributed by atoms with Crippen molar-refractivity contribution in [2.24, 2.45) is 0 Å². The molecule has 1 heterocycles. The highest BCUT2D eigenvalue weighted by Gasteiger charge is 2.43. The number of rotatable bonds is 3. The lowest BCUT2D eigenvalue weighted by Gasteiger charge is -2.40. The second-order valence-corrected chi connectivity index (χ2v) is 4.49. The van der Waals surface area contributed by atoms with Crippen molar-refractivity contribution in [3.05, 3.63) is 0 Å². The lowest BCUT2D eigenvalue weighted by atomic mass is 9.96. The summed E-state index contributed by atoms with van der Waals surface area (Å²) in [6.07, 6.45) is -2.18. The van der Waals surface area contributed by atoms with Crippen molar-refractivity contribution in [2.75, 3.05) is 6.54 Å². The van der Waals surface area contributed by atoms with E-state index in [2.05, 4.69) is 5.32 Å². The van der Waals surface area contributed by atoms with Crippen LogP contribution in [-0.4, -0.2) is 48.8 Å². The van der Waals surface area contributed by atoms with Gasteiger partial charge < -0.3 is 19.5 Å². The fourth-order valence-corrected chi connectivity index (χ4v) is 2.05. The van der Waals surface area contributed by atoms with E-state index in [9.17, 15) is 14.4 Å². The summed E-state index contributed by atoms with van der Waals surface area (Å²) in [5.41, 5.74) is 0. The summed E-state index contributed by atoms with van der Waals surface area (Å²) in [7, 11) is 0. The number of carbonyl (C=O) groups is 3. The van der Waals surface area contributed by atoms with E-state index in [1.165, 1.54) is 20.8 Å². The summed E-state index contributed by atoms with van der Waals surface area (Å²) in [6.45, 7) is 5.92. The Morgan fingerprint density at radius 2 is 1.37 bits per heavy atom. The second kappa shape index (κ2) is 6.51. The zero-order valence-electron chi connectivity index (χ0n) is 11.5. The zero-order valence-corrected chi connectivity index (χ0v) is 11.5. The highest BCUT2D eigenvalue weighted by atomic mass is 16.6. The average Bonchev–Trinajstić information content (AvgIpc) is 2.25. The van der Waals surface area contributed by atoms with Gasteiger partial charge in [0.1, 0.15) is 0 Å². The van der Waals surface area contributed by atoms with Crippen molar-refractivity contribution < 1.29 is 28.6 Å². The molecule has 1 fully saturated rings. The minimum atomic E-state index is -0.804. The van der Waals surface area contributed by atoms with Gasteiger partial charge in [-0.25, -0.2) is 0 Å². The van der Waals surface area contributed by atoms with Gasteiger partial charge in [-0.15, -0.1) is 0 Å². The standard InChI is InChI=1S/C12H19NO6/c1-6-11(18-8(3)15)12(19-9(4)16)10(5-13-6)17-7(2)14/h6,10-13H,5H2,1-4H3/t6-,10-,11+,12+/m0/s1. The molecule has 0 saturated carbocycles. The van der Waals surface area contributed by atoms with Crippen LogP contribution in [-0.2, 0) is 28.6 Å². The maximum atomic E-state index is 11.2. The molecule has 0 aromatic heterocycles. The lowest BCUT2D eigenvalue weighted by Crippen LogP contribution is -2.62. The molecule has 0 spiro atoms. The lowest BCUT2D eigenvalue weighted by molar-refractivity contribution is -0.190. The molecule has 0 bridgehead atoms. The monoisotopic (exact) mass is 273 g/mol. The molecule has 0 amide bonds. The topological polar surface area (TPSA) is 90.9 Å². The summed E-state index contributed by atoms with van der Waals surface area (Å²) in [4.78, 5) is 33.3. The van der Waals surface area contributed by atoms with E-state index in [0.717, 1.165) is 0 Å². The van der Waals surface area contributed by atoms with Gasteiger partial charge in [0.05, 0.1) is 0 Å². The van der Waals surface area contributed by atoms with Crippen molar-refractivity contribution in [1.29, 1.82) is 0 Å². The molecule has 1 saturated heterocycles. The highest BCUT2D eigenvalue weighted by molar-refractivity contribution is 5.68. The van der Waals surface area contributed by atoms with E-state index in [-0.39, 0.29) is 6.04 Å². The number of piperidine rings is 1. The fraction of sp³-hybridized carbons (Fsp3) is 0.750. The van der Waals surface area contributed by atoms with Crippen molar-refractivity contribution in [1.82, 2.24) is 5.32 Å². The van der Waals surface area contributed by atoms with Crippen molar-refractivity contribution >= 4 is 17.9 Å². The third kappa shape index (κ3) is 4.51. The van der Waals surface area contributed by atoms with Gasteiger partial charge in [-0.05, 0) is 6.92 Å². The predicted octanol–water partition coefficient (Wildman–Crippen LogP) is -0.227. The molecule has 1 aliphatic rings. The maximum Gasteiger partial charge on any atom is 0.303 e. The molecule has 0 aromatic carbocycles. The molecule has 0 aliphatic carbocycles. The number of hydrogen-bond acceptors (Lipinski definition) is 7. The molecule has 1 aliphatic heterocycles.